The summed E-state index contributed by atoms with van der Waals surface area (Å²) in [5.74, 6) is 0.903. The van der Waals surface area contributed by atoms with E-state index in [2.05, 4.69) is 77.8 Å². The van der Waals surface area contributed by atoms with Gasteiger partial charge in [0.05, 0.1) is 13.1 Å². The number of carbonyl (C=O) groups is 1. The molecule has 2 rings (SSSR count). The van der Waals surface area contributed by atoms with E-state index >= 15 is 0 Å². The van der Waals surface area contributed by atoms with E-state index in [1.54, 1.807) is 0 Å². The van der Waals surface area contributed by atoms with E-state index < -0.39 is 0 Å². The van der Waals surface area contributed by atoms with Gasteiger partial charge in [-0.25, -0.2) is 4.99 Å². The van der Waals surface area contributed by atoms with Gasteiger partial charge in [0.15, 0.2) is 5.96 Å². The van der Waals surface area contributed by atoms with Gasteiger partial charge in [-0.15, -0.1) is 0 Å². The molecule has 1 aliphatic rings. The predicted octanol–water partition coefficient (Wildman–Crippen LogP) is 1.48. The van der Waals surface area contributed by atoms with Crippen LogP contribution in [0.25, 0.3) is 0 Å². The monoisotopic (exact) mass is 331 g/mol. The van der Waals surface area contributed by atoms with Gasteiger partial charge in [-0.3, -0.25) is 4.79 Å². The Morgan fingerprint density at radius 2 is 2.00 bits per heavy atom. The van der Waals surface area contributed by atoms with Crippen LogP contribution in [0.4, 0.5) is 5.69 Å². The Labute approximate surface area is 144 Å². The van der Waals surface area contributed by atoms with Crippen molar-refractivity contribution in [3.63, 3.8) is 0 Å². The first-order chi connectivity index (χ1) is 11.4. The van der Waals surface area contributed by atoms with Gasteiger partial charge in [0.1, 0.15) is 0 Å². The Hall–Kier alpha value is -2.24. The zero-order valence-electron chi connectivity index (χ0n) is 15.1. The van der Waals surface area contributed by atoms with Crippen molar-refractivity contribution in [1.29, 1.82) is 0 Å². The first-order valence-corrected chi connectivity index (χ1v) is 8.54. The van der Waals surface area contributed by atoms with Crippen molar-refractivity contribution < 1.29 is 4.79 Å². The third kappa shape index (κ3) is 5.76. The molecule has 6 heteroatoms. The van der Waals surface area contributed by atoms with Crippen LogP contribution in [0.3, 0.4) is 0 Å². The number of hydrogen-bond acceptors (Lipinski definition) is 3. The van der Waals surface area contributed by atoms with Gasteiger partial charge in [0.25, 0.3) is 0 Å². The molecule has 3 N–H and O–H groups in total. The Bertz CT molecular complexity index is 574. The fourth-order valence-electron chi connectivity index (χ4n) is 2.50. The summed E-state index contributed by atoms with van der Waals surface area (Å²) in [6, 6.07) is 8.28. The van der Waals surface area contributed by atoms with Crippen molar-refractivity contribution in [2.75, 3.05) is 31.1 Å². The van der Waals surface area contributed by atoms with E-state index in [1.807, 2.05) is 0 Å². The van der Waals surface area contributed by atoms with E-state index in [4.69, 9.17) is 0 Å². The van der Waals surface area contributed by atoms with Gasteiger partial charge in [-0.05, 0) is 45.4 Å². The number of nitrogens with one attached hydrogen (secondary N) is 3. The highest BCUT2D eigenvalue weighted by Crippen LogP contribution is 2.16. The average Bonchev–Trinajstić information content (AvgIpc) is 2.52. The van der Waals surface area contributed by atoms with E-state index in [0.717, 1.165) is 30.3 Å². The normalized spacial score (nSPS) is 15.9. The van der Waals surface area contributed by atoms with Gasteiger partial charge < -0.3 is 20.9 Å². The fraction of sp³-hybridized carbons (Fsp3) is 0.556. The largest absolute Gasteiger partial charge is 0.360 e. The Morgan fingerprint density at radius 1 is 1.29 bits per heavy atom. The van der Waals surface area contributed by atoms with Crippen LogP contribution in [0.2, 0.25) is 0 Å². The van der Waals surface area contributed by atoms with Gasteiger partial charge >= 0.3 is 0 Å². The molecule has 0 aromatic heterocycles. The van der Waals surface area contributed by atoms with Crippen molar-refractivity contribution in [3.05, 3.63) is 29.8 Å². The maximum atomic E-state index is 11.5. The quantitative estimate of drug-likeness (QED) is 0.577. The van der Waals surface area contributed by atoms with Gasteiger partial charge in [-0.1, -0.05) is 12.1 Å². The third-order valence-electron chi connectivity index (χ3n) is 3.60. The van der Waals surface area contributed by atoms with Crippen LogP contribution in [0.15, 0.2) is 29.3 Å². The second-order valence-corrected chi connectivity index (χ2v) is 7.01. The van der Waals surface area contributed by atoms with Crippen LogP contribution in [0.5, 0.6) is 0 Å². The SMILES string of the molecule is CCNC(=NCc1ccc(N2CCNC(=O)C2)cc1)NC(C)(C)C. The number of anilines is 1. The minimum atomic E-state index is -0.0281. The molecule has 132 valence electrons. The predicted molar refractivity (Wildman–Crippen MR) is 99.4 cm³/mol. The zero-order chi connectivity index (χ0) is 17.6. The number of aliphatic imine (C=N–C) groups is 1. The summed E-state index contributed by atoms with van der Waals surface area (Å²) in [6.45, 7) is 11.8. The van der Waals surface area contributed by atoms with Crippen LogP contribution in [-0.4, -0.2) is 43.6 Å². The third-order valence-corrected chi connectivity index (χ3v) is 3.60. The second kappa shape index (κ2) is 8.04. The number of carbonyl (C=O) groups excluding carboxylic acids is 1. The van der Waals surface area contributed by atoms with Crippen molar-refractivity contribution in [2.24, 2.45) is 4.99 Å². The first-order valence-electron chi connectivity index (χ1n) is 8.54. The molecule has 24 heavy (non-hydrogen) atoms. The highest BCUT2D eigenvalue weighted by molar-refractivity contribution is 5.82. The molecule has 0 spiro atoms. The smallest absolute Gasteiger partial charge is 0.239 e. The molecule has 1 heterocycles. The molecule has 1 aromatic carbocycles. The molecule has 0 atom stereocenters. The zero-order valence-corrected chi connectivity index (χ0v) is 15.1. The molecular formula is C18H29N5O. The van der Waals surface area contributed by atoms with Crippen molar-refractivity contribution in [2.45, 2.75) is 39.8 Å². The van der Waals surface area contributed by atoms with Crippen LogP contribution < -0.4 is 20.9 Å². The summed E-state index contributed by atoms with van der Waals surface area (Å²) in [7, 11) is 0. The molecule has 0 unspecified atom stereocenters. The number of piperazine rings is 1. The van der Waals surface area contributed by atoms with Gasteiger partial charge in [0.2, 0.25) is 5.91 Å². The summed E-state index contributed by atoms with van der Waals surface area (Å²) in [4.78, 5) is 18.2. The number of benzene rings is 1. The van der Waals surface area contributed by atoms with Crippen LogP contribution in [0, 0.1) is 0 Å². The standard InChI is InChI=1S/C18H29N5O/c1-5-19-17(22-18(2,3)4)21-12-14-6-8-15(9-7-14)23-11-10-20-16(24)13-23/h6-9H,5,10-13H2,1-4H3,(H,20,24)(H2,19,21,22). The van der Waals surface area contributed by atoms with E-state index in [0.29, 0.717) is 19.6 Å². The first kappa shape index (κ1) is 18.1. The lowest BCUT2D eigenvalue weighted by Crippen LogP contribution is -2.47. The topological polar surface area (TPSA) is 68.8 Å². The summed E-state index contributed by atoms with van der Waals surface area (Å²) in [6.07, 6.45) is 0. The summed E-state index contributed by atoms with van der Waals surface area (Å²) in [5.41, 5.74) is 2.20. The van der Waals surface area contributed by atoms with Crippen LogP contribution >= 0.6 is 0 Å². The Balaban J connectivity index is 1.99. The maximum absolute atomic E-state index is 11.5. The minimum Gasteiger partial charge on any atom is -0.360 e. The van der Waals surface area contributed by atoms with Crippen molar-refractivity contribution >= 4 is 17.6 Å². The summed E-state index contributed by atoms with van der Waals surface area (Å²) in [5, 5.41) is 9.49. The summed E-state index contributed by atoms with van der Waals surface area (Å²) < 4.78 is 0. The van der Waals surface area contributed by atoms with Gasteiger partial charge in [-0.2, -0.15) is 0 Å². The Kier molecular flexibility index (Phi) is 6.06. The number of nitrogens with zero attached hydrogens (tertiary/aromatic N) is 2. The van der Waals surface area contributed by atoms with Crippen LogP contribution in [0.1, 0.15) is 33.3 Å². The lowest BCUT2D eigenvalue weighted by molar-refractivity contribution is -0.120. The van der Waals surface area contributed by atoms with Crippen LogP contribution in [-0.2, 0) is 11.3 Å². The molecule has 6 nitrogen and oxygen atoms in total. The van der Waals surface area contributed by atoms with Crippen molar-refractivity contribution in [1.82, 2.24) is 16.0 Å². The van der Waals surface area contributed by atoms with Crippen molar-refractivity contribution in [3.8, 4) is 0 Å². The molecular weight excluding hydrogens is 302 g/mol. The lowest BCUT2D eigenvalue weighted by atomic mass is 10.1. The minimum absolute atomic E-state index is 0.0281. The highest BCUT2D eigenvalue weighted by Gasteiger charge is 2.16. The van der Waals surface area contributed by atoms with Gasteiger partial charge in [0, 0.05) is 30.9 Å². The van der Waals surface area contributed by atoms with E-state index in [-0.39, 0.29) is 11.4 Å². The lowest BCUT2D eigenvalue weighted by Gasteiger charge is -2.28. The maximum Gasteiger partial charge on any atom is 0.239 e. The fourth-order valence-corrected chi connectivity index (χ4v) is 2.50. The number of guanidine groups is 1. The molecule has 0 aliphatic carbocycles. The highest BCUT2D eigenvalue weighted by atomic mass is 16.2. The van der Waals surface area contributed by atoms with E-state index in [9.17, 15) is 4.79 Å². The molecule has 1 aromatic rings. The molecule has 1 saturated heterocycles. The number of hydrogen-bond donors (Lipinski definition) is 3. The van der Waals surface area contributed by atoms with E-state index in [1.165, 1.54) is 0 Å². The second-order valence-electron chi connectivity index (χ2n) is 7.01. The average molecular weight is 331 g/mol. The molecule has 0 radical (unpaired) electrons. The number of amides is 1. The Morgan fingerprint density at radius 3 is 2.58 bits per heavy atom. The molecule has 1 fully saturated rings. The molecule has 1 aliphatic heterocycles. The number of rotatable bonds is 4. The molecule has 0 bridgehead atoms. The summed E-state index contributed by atoms with van der Waals surface area (Å²) >= 11 is 0. The molecule has 0 saturated carbocycles. The molecule has 1 amide bonds.